The predicted molar refractivity (Wildman–Crippen MR) is 91.2 cm³/mol. The van der Waals surface area contributed by atoms with Gasteiger partial charge in [0.15, 0.2) is 5.82 Å². The first-order valence-corrected chi connectivity index (χ1v) is 9.08. The Morgan fingerprint density at radius 2 is 2.16 bits per heavy atom. The highest BCUT2D eigenvalue weighted by Gasteiger charge is 2.30. The summed E-state index contributed by atoms with van der Waals surface area (Å²) in [5.41, 5.74) is 1.93. The number of likely N-dealkylation sites (tertiary alicyclic amines) is 1. The van der Waals surface area contributed by atoms with Crippen LogP contribution in [0.4, 0.5) is 0 Å². The fourth-order valence-electron chi connectivity index (χ4n) is 3.83. The summed E-state index contributed by atoms with van der Waals surface area (Å²) in [4.78, 5) is 19.4. The summed E-state index contributed by atoms with van der Waals surface area (Å²) in [7, 11) is 0. The molecule has 0 bridgehead atoms. The van der Waals surface area contributed by atoms with Gasteiger partial charge in [0, 0.05) is 24.6 Å². The van der Waals surface area contributed by atoms with Crippen LogP contribution >= 0.6 is 0 Å². The van der Waals surface area contributed by atoms with E-state index in [4.69, 9.17) is 9.26 Å². The van der Waals surface area contributed by atoms with Crippen molar-refractivity contribution >= 4 is 5.91 Å². The number of benzene rings is 1. The summed E-state index contributed by atoms with van der Waals surface area (Å²) in [6.45, 7) is 2.27. The van der Waals surface area contributed by atoms with Crippen LogP contribution in [0, 0.1) is 0 Å². The number of hydrogen-bond donors (Lipinski definition) is 0. The van der Waals surface area contributed by atoms with E-state index in [9.17, 15) is 4.79 Å². The van der Waals surface area contributed by atoms with E-state index >= 15 is 0 Å². The minimum atomic E-state index is -0.104. The highest BCUT2D eigenvalue weighted by molar-refractivity contribution is 5.94. The predicted octanol–water partition coefficient (Wildman–Crippen LogP) is 3.33. The summed E-state index contributed by atoms with van der Waals surface area (Å²) in [6.07, 6.45) is 6.44. The van der Waals surface area contributed by atoms with Gasteiger partial charge in [0.25, 0.3) is 5.91 Å². The fraction of sp³-hybridized carbons (Fsp3) is 0.526. The lowest BCUT2D eigenvalue weighted by Gasteiger charge is -2.28. The highest BCUT2D eigenvalue weighted by Crippen LogP contribution is 2.31. The van der Waals surface area contributed by atoms with Crippen LogP contribution < -0.4 is 0 Å². The molecular weight excluding hydrogens is 318 g/mol. The molecule has 2 aliphatic heterocycles. The van der Waals surface area contributed by atoms with Crippen LogP contribution in [0.15, 0.2) is 35.2 Å². The fourth-order valence-corrected chi connectivity index (χ4v) is 3.83. The number of ether oxygens (including phenoxy) is 1. The molecule has 1 aromatic heterocycles. The zero-order valence-electron chi connectivity index (χ0n) is 14.3. The van der Waals surface area contributed by atoms with Gasteiger partial charge in [0.05, 0.1) is 12.6 Å². The molecule has 1 amide bonds. The normalized spacial score (nSPS) is 24.2. The maximum Gasteiger partial charge on any atom is 0.254 e. The van der Waals surface area contributed by atoms with Gasteiger partial charge in [-0.25, -0.2) is 0 Å². The second-order valence-corrected chi connectivity index (χ2v) is 6.84. The molecule has 2 aromatic rings. The maximum atomic E-state index is 13.2. The van der Waals surface area contributed by atoms with Crippen LogP contribution in [0.2, 0.25) is 0 Å². The van der Waals surface area contributed by atoms with Crippen molar-refractivity contribution in [3.05, 3.63) is 47.6 Å². The van der Waals surface area contributed by atoms with Gasteiger partial charge >= 0.3 is 0 Å². The monoisotopic (exact) mass is 341 g/mol. The molecule has 0 unspecified atom stereocenters. The molecule has 2 atom stereocenters. The van der Waals surface area contributed by atoms with E-state index in [1.807, 2.05) is 23.1 Å². The Hall–Kier alpha value is -2.21. The SMILES string of the molecule is O=C(c1cccc([C@H]2CCOC2)c1)N1CCCCC[C@@H]1c1ncon1. The molecule has 0 aliphatic carbocycles. The summed E-state index contributed by atoms with van der Waals surface area (Å²) in [5, 5.41) is 3.99. The van der Waals surface area contributed by atoms with Gasteiger partial charge < -0.3 is 14.2 Å². The van der Waals surface area contributed by atoms with E-state index in [1.165, 1.54) is 12.0 Å². The zero-order valence-corrected chi connectivity index (χ0v) is 14.3. The van der Waals surface area contributed by atoms with Crippen molar-refractivity contribution in [1.29, 1.82) is 0 Å². The van der Waals surface area contributed by atoms with E-state index in [-0.39, 0.29) is 11.9 Å². The molecule has 2 fully saturated rings. The van der Waals surface area contributed by atoms with Crippen molar-refractivity contribution in [2.75, 3.05) is 19.8 Å². The standard InChI is InChI=1S/C19H23N3O3/c23-19(15-6-4-5-14(11-15)16-8-10-24-12-16)22-9-3-1-2-7-17(22)18-20-13-25-21-18/h4-6,11,13,16-17H,1-3,7-10,12H2/t16-,17+/m0/s1. The minimum Gasteiger partial charge on any atom is -0.381 e. The average Bonchev–Trinajstić information content (AvgIpc) is 3.32. The van der Waals surface area contributed by atoms with Crippen LogP contribution in [-0.4, -0.2) is 40.7 Å². The third kappa shape index (κ3) is 3.44. The van der Waals surface area contributed by atoms with E-state index in [1.54, 1.807) is 0 Å². The molecule has 0 radical (unpaired) electrons. The molecule has 6 heteroatoms. The number of carbonyl (C=O) groups excluding carboxylic acids is 1. The Labute approximate surface area is 147 Å². The van der Waals surface area contributed by atoms with Gasteiger partial charge in [-0.15, -0.1) is 0 Å². The van der Waals surface area contributed by atoms with Crippen LogP contribution in [-0.2, 0) is 4.74 Å². The molecule has 0 spiro atoms. The van der Waals surface area contributed by atoms with Crippen molar-refractivity contribution in [2.45, 2.75) is 44.1 Å². The van der Waals surface area contributed by atoms with Crippen LogP contribution in [0.3, 0.4) is 0 Å². The van der Waals surface area contributed by atoms with Gasteiger partial charge in [0.2, 0.25) is 6.39 Å². The van der Waals surface area contributed by atoms with Crippen LogP contribution in [0.1, 0.15) is 65.8 Å². The summed E-state index contributed by atoms with van der Waals surface area (Å²) < 4.78 is 10.4. The third-order valence-corrected chi connectivity index (χ3v) is 5.22. The first-order chi connectivity index (χ1) is 12.3. The van der Waals surface area contributed by atoms with Crippen LogP contribution in [0.5, 0.6) is 0 Å². The number of carbonyl (C=O) groups is 1. The molecule has 1 aromatic carbocycles. The number of hydrogen-bond acceptors (Lipinski definition) is 5. The number of amides is 1. The van der Waals surface area contributed by atoms with Gasteiger partial charge in [-0.3, -0.25) is 4.79 Å². The molecule has 132 valence electrons. The molecular formula is C19H23N3O3. The number of aromatic nitrogens is 2. The lowest BCUT2D eigenvalue weighted by atomic mass is 9.96. The lowest BCUT2D eigenvalue weighted by molar-refractivity contribution is 0.0670. The van der Waals surface area contributed by atoms with Crippen molar-refractivity contribution < 1.29 is 14.1 Å². The Bertz CT molecular complexity index is 710. The second-order valence-electron chi connectivity index (χ2n) is 6.84. The molecule has 4 rings (SSSR count). The minimum absolute atomic E-state index is 0.0532. The molecule has 3 heterocycles. The smallest absolute Gasteiger partial charge is 0.254 e. The lowest BCUT2D eigenvalue weighted by Crippen LogP contribution is -2.35. The summed E-state index contributed by atoms with van der Waals surface area (Å²) in [5.74, 6) is 1.05. The van der Waals surface area contributed by atoms with E-state index < -0.39 is 0 Å². The van der Waals surface area contributed by atoms with Gasteiger partial charge in [-0.1, -0.05) is 30.1 Å². The van der Waals surface area contributed by atoms with Crippen molar-refractivity contribution in [2.24, 2.45) is 0 Å². The first kappa shape index (κ1) is 16.3. The van der Waals surface area contributed by atoms with Crippen LogP contribution in [0.25, 0.3) is 0 Å². The topological polar surface area (TPSA) is 68.5 Å². The molecule has 0 saturated carbocycles. The Kier molecular flexibility index (Phi) is 4.78. The van der Waals surface area contributed by atoms with Gasteiger partial charge in [-0.05, 0) is 37.0 Å². The number of rotatable bonds is 3. The highest BCUT2D eigenvalue weighted by atomic mass is 16.5. The zero-order chi connectivity index (χ0) is 17.1. The van der Waals surface area contributed by atoms with E-state index in [2.05, 4.69) is 16.2 Å². The van der Waals surface area contributed by atoms with Crippen molar-refractivity contribution in [3.63, 3.8) is 0 Å². The largest absolute Gasteiger partial charge is 0.381 e. The molecule has 25 heavy (non-hydrogen) atoms. The average molecular weight is 341 g/mol. The molecule has 0 N–H and O–H groups in total. The summed E-state index contributed by atoms with van der Waals surface area (Å²) in [6, 6.07) is 7.89. The maximum absolute atomic E-state index is 13.2. The van der Waals surface area contributed by atoms with E-state index in [0.717, 1.165) is 57.4 Å². The number of nitrogens with zero attached hydrogens (tertiary/aromatic N) is 3. The van der Waals surface area contributed by atoms with Gasteiger partial charge in [0.1, 0.15) is 0 Å². The molecule has 2 aliphatic rings. The van der Waals surface area contributed by atoms with Crippen molar-refractivity contribution in [3.8, 4) is 0 Å². The quantitative estimate of drug-likeness (QED) is 0.856. The first-order valence-electron chi connectivity index (χ1n) is 9.08. The third-order valence-electron chi connectivity index (χ3n) is 5.22. The van der Waals surface area contributed by atoms with E-state index in [0.29, 0.717) is 11.7 Å². The Balaban J connectivity index is 1.60. The Morgan fingerprint density at radius 3 is 2.96 bits per heavy atom. The Morgan fingerprint density at radius 1 is 1.20 bits per heavy atom. The van der Waals surface area contributed by atoms with Crippen molar-refractivity contribution in [1.82, 2.24) is 15.0 Å². The second kappa shape index (κ2) is 7.35. The molecule has 6 nitrogen and oxygen atoms in total. The molecule has 2 saturated heterocycles. The summed E-state index contributed by atoms with van der Waals surface area (Å²) >= 11 is 0. The van der Waals surface area contributed by atoms with Gasteiger partial charge in [-0.2, -0.15) is 4.98 Å².